The molecule has 0 fully saturated rings. The summed E-state index contributed by atoms with van der Waals surface area (Å²) in [6.45, 7) is 2.22. The van der Waals surface area contributed by atoms with E-state index in [4.69, 9.17) is 11.6 Å². The number of carbonyl (C=O) groups is 2. The molecule has 0 aliphatic heterocycles. The number of halogens is 1. The van der Waals surface area contributed by atoms with Crippen LogP contribution in [0.5, 0.6) is 0 Å². The number of carbonyl (C=O) groups excluding carboxylic acids is 2. The summed E-state index contributed by atoms with van der Waals surface area (Å²) in [6.07, 6.45) is 0.521. The Morgan fingerprint density at radius 3 is 2.70 bits per heavy atom. The summed E-state index contributed by atoms with van der Waals surface area (Å²) in [6, 6.07) is 14.6. The molecule has 0 aliphatic carbocycles. The smallest absolute Gasteiger partial charge is 0.313 e. The molecule has 0 atom stereocenters. The largest absolute Gasteiger partial charge is 0.347 e. The normalized spacial score (nSPS) is 10.9. The molecule has 9 heteroatoms. The highest BCUT2D eigenvalue weighted by Gasteiger charge is 2.15. The molecule has 2 amide bonds. The minimum absolute atomic E-state index is 0.308. The first-order valence-electron chi connectivity index (χ1n) is 9.24. The van der Waals surface area contributed by atoms with Crippen molar-refractivity contribution in [2.45, 2.75) is 13.3 Å². The van der Waals surface area contributed by atoms with Crippen molar-refractivity contribution in [1.82, 2.24) is 19.9 Å². The van der Waals surface area contributed by atoms with E-state index in [1.165, 1.54) is 11.3 Å². The van der Waals surface area contributed by atoms with Gasteiger partial charge in [-0.05, 0) is 48.9 Å². The highest BCUT2D eigenvalue weighted by molar-refractivity contribution is 7.15. The zero-order chi connectivity index (χ0) is 21.1. The lowest BCUT2D eigenvalue weighted by molar-refractivity contribution is -0.136. The van der Waals surface area contributed by atoms with Gasteiger partial charge in [0.1, 0.15) is 0 Å². The average molecular weight is 440 g/mol. The molecule has 7 nitrogen and oxygen atoms in total. The van der Waals surface area contributed by atoms with Crippen LogP contribution in [0.4, 0.5) is 5.69 Å². The summed E-state index contributed by atoms with van der Waals surface area (Å²) in [5, 5.41) is 12.4. The van der Waals surface area contributed by atoms with E-state index in [-0.39, 0.29) is 0 Å². The SMILES string of the molecule is Cc1cccc(NC(=O)C(=O)NCCc2csc3nc(-c4ccc(Cl)cc4)nn23)c1. The van der Waals surface area contributed by atoms with Crippen LogP contribution in [0.3, 0.4) is 0 Å². The van der Waals surface area contributed by atoms with Gasteiger partial charge in [-0.25, -0.2) is 4.52 Å². The van der Waals surface area contributed by atoms with Crippen LogP contribution in [0.25, 0.3) is 16.3 Å². The molecular formula is C21H18ClN5O2S. The molecule has 0 radical (unpaired) electrons. The number of fused-ring (bicyclic) bond motifs is 1. The predicted octanol–water partition coefficient (Wildman–Crippen LogP) is 3.72. The van der Waals surface area contributed by atoms with E-state index in [0.717, 1.165) is 21.8 Å². The van der Waals surface area contributed by atoms with Crippen molar-refractivity contribution < 1.29 is 9.59 Å². The van der Waals surface area contributed by atoms with Gasteiger partial charge in [0.15, 0.2) is 5.82 Å². The van der Waals surface area contributed by atoms with Crippen molar-refractivity contribution in [3.05, 3.63) is 70.2 Å². The van der Waals surface area contributed by atoms with Crippen LogP contribution >= 0.6 is 22.9 Å². The Hall–Kier alpha value is -3.23. The molecule has 0 bridgehead atoms. The lowest BCUT2D eigenvalue weighted by atomic mass is 10.2. The standard InChI is InChI=1S/C21H18ClN5O2S/c1-13-3-2-4-16(11-13)24-20(29)19(28)23-10-9-17-12-30-21-25-18(26-27(17)21)14-5-7-15(22)8-6-14/h2-8,11-12H,9-10H2,1H3,(H,23,28)(H,24,29). The van der Waals surface area contributed by atoms with Crippen LogP contribution < -0.4 is 10.6 Å². The summed E-state index contributed by atoms with van der Waals surface area (Å²) >= 11 is 7.40. The Morgan fingerprint density at radius 2 is 1.93 bits per heavy atom. The first kappa shape index (κ1) is 20.1. The second-order valence-electron chi connectivity index (χ2n) is 6.69. The molecule has 0 saturated heterocycles. The minimum atomic E-state index is -0.693. The molecule has 30 heavy (non-hydrogen) atoms. The van der Waals surface area contributed by atoms with Gasteiger partial charge in [-0.1, -0.05) is 23.7 Å². The summed E-state index contributed by atoms with van der Waals surface area (Å²) in [4.78, 5) is 29.4. The third-order valence-electron chi connectivity index (χ3n) is 4.40. The Balaban J connectivity index is 1.36. The third-order valence-corrected chi connectivity index (χ3v) is 5.52. The second kappa shape index (κ2) is 8.64. The molecule has 0 spiro atoms. The zero-order valence-corrected chi connectivity index (χ0v) is 17.6. The van der Waals surface area contributed by atoms with Crippen molar-refractivity contribution in [2.24, 2.45) is 0 Å². The van der Waals surface area contributed by atoms with Crippen molar-refractivity contribution >= 4 is 45.4 Å². The lowest BCUT2D eigenvalue weighted by Gasteiger charge is -2.07. The van der Waals surface area contributed by atoms with Crippen molar-refractivity contribution in [3.8, 4) is 11.4 Å². The number of hydrogen-bond acceptors (Lipinski definition) is 5. The van der Waals surface area contributed by atoms with Gasteiger partial charge in [-0.3, -0.25) is 9.59 Å². The molecule has 4 rings (SSSR count). The summed E-state index contributed by atoms with van der Waals surface area (Å²) in [7, 11) is 0. The predicted molar refractivity (Wildman–Crippen MR) is 118 cm³/mol. The van der Waals surface area contributed by atoms with Gasteiger partial charge in [-0.15, -0.1) is 16.4 Å². The van der Waals surface area contributed by atoms with Gasteiger partial charge < -0.3 is 10.6 Å². The topological polar surface area (TPSA) is 88.4 Å². The number of rotatable bonds is 5. The van der Waals surface area contributed by atoms with E-state index in [1.54, 1.807) is 28.8 Å². The number of nitrogens with one attached hydrogen (secondary N) is 2. The highest BCUT2D eigenvalue weighted by atomic mass is 35.5. The molecule has 152 valence electrons. The molecule has 2 heterocycles. The average Bonchev–Trinajstić information content (AvgIpc) is 3.30. The fourth-order valence-electron chi connectivity index (χ4n) is 2.91. The summed E-state index contributed by atoms with van der Waals surface area (Å²) in [5.74, 6) is -0.758. The fraction of sp³-hybridized carbons (Fsp3) is 0.143. The van der Waals surface area contributed by atoms with Gasteiger partial charge in [0.05, 0.1) is 5.69 Å². The molecule has 0 saturated carbocycles. The van der Waals surface area contributed by atoms with Crippen molar-refractivity contribution in [1.29, 1.82) is 0 Å². The van der Waals surface area contributed by atoms with Gasteiger partial charge >= 0.3 is 11.8 Å². The third kappa shape index (κ3) is 4.50. The van der Waals surface area contributed by atoms with Gasteiger partial charge in [0.2, 0.25) is 4.96 Å². The number of anilines is 1. The minimum Gasteiger partial charge on any atom is -0.347 e. The summed E-state index contributed by atoms with van der Waals surface area (Å²) in [5.41, 5.74) is 3.37. The van der Waals surface area contributed by atoms with E-state index < -0.39 is 11.8 Å². The lowest BCUT2D eigenvalue weighted by Crippen LogP contribution is -2.36. The van der Waals surface area contributed by atoms with E-state index in [2.05, 4.69) is 20.7 Å². The van der Waals surface area contributed by atoms with Gasteiger partial charge in [0.25, 0.3) is 0 Å². The van der Waals surface area contributed by atoms with Crippen LogP contribution in [0.1, 0.15) is 11.3 Å². The molecular weight excluding hydrogens is 422 g/mol. The van der Waals surface area contributed by atoms with Gasteiger partial charge in [-0.2, -0.15) is 4.98 Å². The fourth-order valence-corrected chi connectivity index (χ4v) is 3.90. The molecule has 2 aromatic heterocycles. The maximum absolute atomic E-state index is 12.1. The Bertz CT molecular complexity index is 1220. The molecule has 2 N–H and O–H groups in total. The number of aryl methyl sites for hydroxylation is 1. The van der Waals surface area contributed by atoms with Crippen LogP contribution in [0.15, 0.2) is 53.9 Å². The van der Waals surface area contributed by atoms with E-state index in [0.29, 0.717) is 29.5 Å². The van der Waals surface area contributed by atoms with Crippen LogP contribution in [0, 0.1) is 6.92 Å². The first-order chi connectivity index (χ1) is 14.5. The van der Waals surface area contributed by atoms with Crippen LogP contribution in [0.2, 0.25) is 5.02 Å². The Morgan fingerprint density at radius 1 is 1.13 bits per heavy atom. The number of amides is 2. The van der Waals surface area contributed by atoms with Crippen LogP contribution in [-0.2, 0) is 16.0 Å². The van der Waals surface area contributed by atoms with Crippen LogP contribution in [-0.4, -0.2) is 33.0 Å². The van der Waals surface area contributed by atoms with Gasteiger partial charge in [0, 0.05) is 34.6 Å². The van der Waals surface area contributed by atoms with E-state index in [1.807, 2.05) is 36.6 Å². The number of aromatic nitrogens is 3. The van der Waals surface area contributed by atoms with E-state index >= 15 is 0 Å². The number of benzene rings is 2. The molecule has 0 unspecified atom stereocenters. The Kier molecular flexibility index (Phi) is 5.78. The molecule has 4 aromatic rings. The Labute approximate surface area is 181 Å². The van der Waals surface area contributed by atoms with Crippen molar-refractivity contribution in [3.63, 3.8) is 0 Å². The molecule has 2 aromatic carbocycles. The summed E-state index contributed by atoms with van der Waals surface area (Å²) < 4.78 is 1.76. The van der Waals surface area contributed by atoms with E-state index in [9.17, 15) is 9.59 Å². The number of thiazole rings is 1. The van der Waals surface area contributed by atoms with Crippen molar-refractivity contribution in [2.75, 3.05) is 11.9 Å². The number of hydrogen-bond donors (Lipinski definition) is 2. The zero-order valence-electron chi connectivity index (χ0n) is 16.1. The molecule has 0 aliphatic rings. The highest BCUT2D eigenvalue weighted by Crippen LogP contribution is 2.22. The first-order valence-corrected chi connectivity index (χ1v) is 10.5. The quantitative estimate of drug-likeness (QED) is 0.464. The number of nitrogens with zero attached hydrogens (tertiary/aromatic N) is 3. The monoisotopic (exact) mass is 439 g/mol. The maximum atomic E-state index is 12.1. The maximum Gasteiger partial charge on any atom is 0.313 e. The second-order valence-corrected chi connectivity index (χ2v) is 7.97.